The number of nitrogens with zero attached hydrogens (tertiary/aromatic N) is 4. The van der Waals surface area contributed by atoms with Gasteiger partial charge in [-0.25, -0.2) is 0 Å². The van der Waals surface area contributed by atoms with E-state index in [0.717, 1.165) is 24.3 Å². The van der Waals surface area contributed by atoms with Crippen LogP contribution in [-0.4, -0.2) is 40.5 Å². The minimum absolute atomic E-state index is 0.177. The van der Waals surface area contributed by atoms with Gasteiger partial charge in [0.1, 0.15) is 0 Å². The lowest BCUT2D eigenvalue weighted by atomic mass is 9.87. The highest BCUT2D eigenvalue weighted by molar-refractivity contribution is 6.43. The fourth-order valence-corrected chi connectivity index (χ4v) is 5.11. The monoisotopic (exact) mass is 431 g/mol. The maximum absolute atomic E-state index is 6.37. The molecule has 0 amide bonds. The van der Waals surface area contributed by atoms with Crippen molar-refractivity contribution in [1.82, 2.24) is 20.2 Å². The minimum Gasteiger partial charge on any atom is -0.493 e. The minimum atomic E-state index is 0.177. The first-order valence-corrected chi connectivity index (χ1v) is 10.1. The Kier molecular flexibility index (Phi) is 4.52. The van der Waals surface area contributed by atoms with Crippen molar-refractivity contribution in [3.8, 4) is 17.2 Å². The Balaban J connectivity index is 1.48. The van der Waals surface area contributed by atoms with Gasteiger partial charge in [0.25, 0.3) is 0 Å². The summed E-state index contributed by atoms with van der Waals surface area (Å²) >= 11 is 12.5. The Morgan fingerprint density at radius 2 is 1.97 bits per heavy atom. The van der Waals surface area contributed by atoms with E-state index >= 15 is 0 Å². The quantitative estimate of drug-likeness (QED) is 0.643. The summed E-state index contributed by atoms with van der Waals surface area (Å²) in [6, 6.07) is 9.71. The third kappa shape index (κ3) is 2.83. The fraction of sp³-hybridized carbons (Fsp3) is 0.350. The van der Waals surface area contributed by atoms with Crippen LogP contribution in [0.1, 0.15) is 35.8 Å². The number of fused-ring (bicyclic) bond motifs is 5. The first-order chi connectivity index (χ1) is 14.1. The Morgan fingerprint density at radius 3 is 2.76 bits per heavy atom. The maximum atomic E-state index is 6.37. The van der Waals surface area contributed by atoms with Gasteiger partial charge in [0.05, 0.1) is 30.0 Å². The molecule has 1 saturated carbocycles. The van der Waals surface area contributed by atoms with E-state index < -0.39 is 0 Å². The standard InChI is InChI=1S/C20H19Cl2N5O2/c1-28-16-7-6-11-10-8-12(17(11)19(16)29-2)14(9-10)23-20-24-25-26-27(20)15-5-3-4-13(21)18(15)22/h3-7,10,12,14H,8-9H2,1-2H3,(H,23,24,26). The Labute approximate surface area is 177 Å². The number of rotatable bonds is 5. The molecule has 1 aromatic heterocycles. The third-order valence-corrected chi connectivity index (χ3v) is 6.74. The topological polar surface area (TPSA) is 74.1 Å². The fourth-order valence-electron chi connectivity index (χ4n) is 4.74. The van der Waals surface area contributed by atoms with Crippen LogP contribution in [0, 0.1) is 0 Å². The predicted octanol–water partition coefficient (Wildman–Crippen LogP) is 4.44. The van der Waals surface area contributed by atoms with Crippen molar-refractivity contribution in [2.45, 2.75) is 30.7 Å². The van der Waals surface area contributed by atoms with Gasteiger partial charge in [-0.05, 0) is 52.9 Å². The maximum Gasteiger partial charge on any atom is 0.248 e. The van der Waals surface area contributed by atoms with Crippen LogP contribution in [0.15, 0.2) is 30.3 Å². The van der Waals surface area contributed by atoms with E-state index in [4.69, 9.17) is 32.7 Å². The van der Waals surface area contributed by atoms with Gasteiger partial charge in [0, 0.05) is 17.5 Å². The van der Waals surface area contributed by atoms with Crippen molar-refractivity contribution in [2.24, 2.45) is 0 Å². The number of hydrogen-bond donors (Lipinski definition) is 1. The lowest BCUT2D eigenvalue weighted by Crippen LogP contribution is -2.27. The van der Waals surface area contributed by atoms with Crippen LogP contribution in [0.4, 0.5) is 5.95 Å². The third-order valence-electron chi connectivity index (χ3n) is 5.93. The van der Waals surface area contributed by atoms with Crippen LogP contribution in [0.2, 0.25) is 10.0 Å². The van der Waals surface area contributed by atoms with Gasteiger partial charge in [-0.15, -0.1) is 0 Å². The molecule has 0 radical (unpaired) electrons. The van der Waals surface area contributed by atoms with E-state index in [9.17, 15) is 0 Å². The Bertz CT molecular complexity index is 1090. The molecule has 150 valence electrons. The number of methoxy groups -OCH3 is 2. The van der Waals surface area contributed by atoms with Gasteiger partial charge in [-0.1, -0.05) is 40.4 Å². The summed E-state index contributed by atoms with van der Waals surface area (Å²) < 4.78 is 12.8. The van der Waals surface area contributed by atoms with E-state index in [-0.39, 0.29) is 6.04 Å². The molecule has 9 heteroatoms. The summed E-state index contributed by atoms with van der Waals surface area (Å²) in [4.78, 5) is 0. The molecule has 5 rings (SSSR count). The highest BCUT2D eigenvalue weighted by atomic mass is 35.5. The summed E-state index contributed by atoms with van der Waals surface area (Å²) in [6.07, 6.45) is 2.07. The molecule has 29 heavy (non-hydrogen) atoms. The van der Waals surface area contributed by atoms with Crippen LogP contribution in [0.25, 0.3) is 5.69 Å². The molecule has 0 saturated heterocycles. The summed E-state index contributed by atoms with van der Waals surface area (Å²) in [6.45, 7) is 0. The smallest absolute Gasteiger partial charge is 0.248 e. The molecule has 2 aromatic carbocycles. The molecule has 7 nitrogen and oxygen atoms in total. The Morgan fingerprint density at radius 1 is 1.10 bits per heavy atom. The van der Waals surface area contributed by atoms with Gasteiger partial charge < -0.3 is 14.8 Å². The van der Waals surface area contributed by atoms with Gasteiger partial charge in [-0.3, -0.25) is 0 Å². The molecule has 2 bridgehead atoms. The molecular weight excluding hydrogens is 413 g/mol. The van der Waals surface area contributed by atoms with E-state index in [1.807, 2.05) is 18.2 Å². The van der Waals surface area contributed by atoms with Crippen molar-refractivity contribution in [1.29, 1.82) is 0 Å². The lowest BCUT2D eigenvalue weighted by Gasteiger charge is -2.27. The van der Waals surface area contributed by atoms with Crippen LogP contribution in [0.5, 0.6) is 11.5 Å². The van der Waals surface area contributed by atoms with Crippen molar-refractivity contribution >= 4 is 29.2 Å². The number of benzene rings is 2. The summed E-state index contributed by atoms with van der Waals surface area (Å²) in [7, 11) is 3.35. The van der Waals surface area contributed by atoms with E-state index in [2.05, 4.69) is 26.9 Å². The van der Waals surface area contributed by atoms with Crippen molar-refractivity contribution in [2.75, 3.05) is 19.5 Å². The second kappa shape index (κ2) is 7.07. The number of aromatic nitrogens is 4. The van der Waals surface area contributed by atoms with E-state index in [0.29, 0.717) is 33.5 Å². The molecule has 1 heterocycles. The molecule has 3 unspecified atom stereocenters. The molecule has 0 spiro atoms. The van der Waals surface area contributed by atoms with Gasteiger partial charge in [-0.2, -0.15) is 4.68 Å². The molecule has 3 atom stereocenters. The molecule has 2 aliphatic rings. The average molecular weight is 432 g/mol. The van der Waals surface area contributed by atoms with Crippen LogP contribution in [0.3, 0.4) is 0 Å². The zero-order valence-corrected chi connectivity index (χ0v) is 17.4. The predicted molar refractivity (Wildman–Crippen MR) is 111 cm³/mol. The number of tetrazole rings is 1. The van der Waals surface area contributed by atoms with E-state index in [1.165, 1.54) is 11.1 Å². The second-order valence-electron chi connectivity index (χ2n) is 7.32. The second-order valence-corrected chi connectivity index (χ2v) is 8.10. The van der Waals surface area contributed by atoms with Crippen LogP contribution in [-0.2, 0) is 0 Å². The zero-order chi connectivity index (χ0) is 20.1. The first-order valence-electron chi connectivity index (χ1n) is 9.36. The van der Waals surface area contributed by atoms with Crippen molar-refractivity contribution in [3.05, 3.63) is 51.5 Å². The van der Waals surface area contributed by atoms with Crippen LogP contribution < -0.4 is 14.8 Å². The number of hydrogen-bond acceptors (Lipinski definition) is 6. The highest BCUT2D eigenvalue weighted by Crippen LogP contribution is 2.58. The summed E-state index contributed by atoms with van der Waals surface area (Å²) in [5.41, 5.74) is 3.21. The number of halogens is 2. The van der Waals surface area contributed by atoms with Crippen LogP contribution >= 0.6 is 23.2 Å². The molecule has 0 aliphatic heterocycles. The number of ether oxygens (including phenoxy) is 2. The summed E-state index contributed by atoms with van der Waals surface area (Å²) in [5, 5.41) is 16.5. The van der Waals surface area contributed by atoms with Crippen molar-refractivity contribution in [3.63, 3.8) is 0 Å². The average Bonchev–Trinajstić information content (AvgIpc) is 3.44. The normalized spacial score (nSPS) is 21.9. The molecule has 2 aliphatic carbocycles. The van der Waals surface area contributed by atoms with Crippen molar-refractivity contribution < 1.29 is 9.47 Å². The molecule has 1 N–H and O–H groups in total. The number of anilines is 1. The van der Waals surface area contributed by atoms with Gasteiger partial charge >= 0.3 is 0 Å². The number of nitrogens with one attached hydrogen (secondary N) is 1. The molecular formula is C20H19Cl2N5O2. The molecule has 3 aromatic rings. The SMILES string of the molecule is COc1ccc2c(c1OC)C1CC2CC1Nc1nnnn1-c1cccc(Cl)c1Cl. The molecule has 1 fully saturated rings. The van der Waals surface area contributed by atoms with Gasteiger partial charge in [0.2, 0.25) is 5.95 Å². The lowest BCUT2D eigenvalue weighted by molar-refractivity contribution is 0.348. The largest absolute Gasteiger partial charge is 0.493 e. The Hall–Kier alpha value is -2.51. The zero-order valence-electron chi connectivity index (χ0n) is 15.9. The highest BCUT2D eigenvalue weighted by Gasteiger charge is 2.46. The van der Waals surface area contributed by atoms with E-state index in [1.54, 1.807) is 25.0 Å². The first kappa shape index (κ1) is 18.5. The van der Waals surface area contributed by atoms with Gasteiger partial charge in [0.15, 0.2) is 11.5 Å². The summed E-state index contributed by atoms with van der Waals surface area (Å²) in [5.74, 6) is 2.89.